The highest BCUT2D eigenvalue weighted by molar-refractivity contribution is 6.30. The molecule has 23 heavy (non-hydrogen) atoms. The Hall–Kier alpha value is -1.51. The minimum absolute atomic E-state index is 0.245. The van der Waals surface area contributed by atoms with Crippen molar-refractivity contribution in [3.63, 3.8) is 0 Å². The van der Waals surface area contributed by atoms with Crippen LogP contribution >= 0.6 is 23.2 Å². The van der Waals surface area contributed by atoms with Gasteiger partial charge in [-0.2, -0.15) is 0 Å². The first-order chi connectivity index (χ1) is 11.1. The molecule has 2 aromatic rings. The maximum atomic E-state index is 12.6. The third kappa shape index (κ3) is 5.26. The average molecular weight is 351 g/mol. The molecule has 0 radical (unpaired) electrons. The Labute approximate surface area is 147 Å². The normalized spacial score (nSPS) is 10.8. The molecule has 0 bridgehead atoms. The summed E-state index contributed by atoms with van der Waals surface area (Å²) in [6.07, 6.45) is 3.03. The molecule has 0 spiro atoms. The number of esters is 1. The largest absolute Gasteiger partial charge is 0.465 e. The molecule has 0 aliphatic carbocycles. The number of benzene rings is 2. The van der Waals surface area contributed by atoms with Gasteiger partial charge in [0, 0.05) is 10.0 Å². The average Bonchev–Trinajstić information content (AvgIpc) is 2.55. The molecule has 2 nitrogen and oxygen atoms in total. The van der Waals surface area contributed by atoms with Gasteiger partial charge in [0.25, 0.3) is 0 Å². The van der Waals surface area contributed by atoms with Crippen LogP contribution in [0.5, 0.6) is 0 Å². The number of ether oxygens (including phenoxy) is 1. The monoisotopic (exact) mass is 350 g/mol. The number of halogens is 2. The molecule has 0 heterocycles. The molecule has 0 atom stereocenters. The molecule has 0 aliphatic heterocycles. The van der Waals surface area contributed by atoms with Crippen LogP contribution in [-0.2, 0) is 9.53 Å². The van der Waals surface area contributed by atoms with Gasteiger partial charge in [-0.1, -0.05) is 67.2 Å². The lowest BCUT2D eigenvalue weighted by Crippen LogP contribution is -2.18. The Bertz CT molecular complexity index is 575. The van der Waals surface area contributed by atoms with Gasteiger partial charge in [-0.3, -0.25) is 4.79 Å². The third-order valence-corrected chi connectivity index (χ3v) is 4.14. The van der Waals surface area contributed by atoms with E-state index >= 15 is 0 Å². The van der Waals surface area contributed by atoms with Gasteiger partial charge in [0.05, 0.1) is 6.61 Å². The number of unbranched alkanes of at least 4 members (excludes halogenated alkanes) is 2. The van der Waals surface area contributed by atoms with Gasteiger partial charge in [-0.25, -0.2) is 0 Å². The molecule has 0 saturated carbocycles. The van der Waals surface area contributed by atoms with Crippen LogP contribution in [0.4, 0.5) is 0 Å². The second-order valence-electron chi connectivity index (χ2n) is 5.41. The van der Waals surface area contributed by atoms with Crippen LogP contribution in [0.25, 0.3) is 0 Å². The zero-order chi connectivity index (χ0) is 16.7. The van der Waals surface area contributed by atoms with Crippen LogP contribution < -0.4 is 0 Å². The van der Waals surface area contributed by atoms with E-state index in [2.05, 4.69) is 6.92 Å². The molecular formula is C19H20Cl2O2. The van der Waals surface area contributed by atoms with E-state index in [9.17, 15) is 4.79 Å². The van der Waals surface area contributed by atoms with Crippen LogP contribution in [0.2, 0.25) is 10.0 Å². The van der Waals surface area contributed by atoms with Gasteiger partial charge in [-0.05, 0) is 41.8 Å². The van der Waals surface area contributed by atoms with Crippen molar-refractivity contribution < 1.29 is 9.53 Å². The maximum absolute atomic E-state index is 12.6. The van der Waals surface area contributed by atoms with Crippen molar-refractivity contribution in [1.82, 2.24) is 0 Å². The first-order valence-corrected chi connectivity index (χ1v) is 8.55. The molecule has 0 unspecified atom stereocenters. The first-order valence-electron chi connectivity index (χ1n) is 7.79. The summed E-state index contributed by atoms with van der Waals surface area (Å²) in [6.45, 7) is 2.57. The van der Waals surface area contributed by atoms with Gasteiger partial charge in [0.2, 0.25) is 0 Å². The predicted octanol–water partition coefficient (Wildman–Crippen LogP) is 5.86. The number of rotatable bonds is 7. The van der Waals surface area contributed by atoms with E-state index in [1.807, 2.05) is 24.3 Å². The molecule has 0 saturated heterocycles. The lowest BCUT2D eigenvalue weighted by molar-refractivity contribution is -0.144. The molecule has 2 rings (SSSR count). The number of carbonyl (C=O) groups excluding carboxylic acids is 1. The highest BCUT2D eigenvalue weighted by Crippen LogP contribution is 2.28. The molecule has 0 aliphatic rings. The SMILES string of the molecule is CCCCCOC(=O)C(c1ccc(Cl)cc1)c1ccc(Cl)cc1. The lowest BCUT2D eigenvalue weighted by Gasteiger charge is -2.17. The zero-order valence-corrected chi connectivity index (χ0v) is 14.6. The van der Waals surface area contributed by atoms with Crippen LogP contribution in [0, 0.1) is 0 Å². The molecule has 0 aromatic heterocycles. The van der Waals surface area contributed by atoms with Crippen LogP contribution in [0.1, 0.15) is 43.2 Å². The molecular weight excluding hydrogens is 331 g/mol. The van der Waals surface area contributed by atoms with Crippen molar-refractivity contribution in [2.45, 2.75) is 32.1 Å². The summed E-state index contributed by atoms with van der Waals surface area (Å²) in [5.74, 6) is -0.711. The summed E-state index contributed by atoms with van der Waals surface area (Å²) in [6, 6.07) is 14.6. The van der Waals surface area contributed by atoms with Crippen LogP contribution in [0.15, 0.2) is 48.5 Å². The lowest BCUT2D eigenvalue weighted by atomic mass is 9.91. The quantitative estimate of drug-likeness (QED) is 0.461. The fourth-order valence-electron chi connectivity index (χ4n) is 2.38. The molecule has 122 valence electrons. The number of hydrogen-bond acceptors (Lipinski definition) is 2. The minimum Gasteiger partial charge on any atom is -0.465 e. The van der Waals surface area contributed by atoms with E-state index in [0.717, 1.165) is 30.4 Å². The molecule has 0 fully saturated rings. The first kappa shape index (κ1) is 17.8. The van der Waals surface area contributed by atoms with Crippen molar-refractivity contribution >= 4 is 29.2 Å². The van der Waals surface area contributed by atoms with E-state index < -0.39 is 5.92 Å². The summed E-state index contributed by atoms with van der Waals surface area (Å²) in [5.41, 5.74) is 1.72. The standard InChI is InChI=1S/C19H20Cl2O2/c1-2-3-4-13-23-19(22)18(14-5-9-16(20)10-6-14)15-7-11-17(21)12-8-15/h5-12,18H,2-4,13H2,1H3. The van der Waals surface area contributed by atoms with E-state index in [1.165, 1.54) is 0 Å². The summed E-state index contributed by atoms with van der Waals surface area (Å²) >= 11 is 11.9. The number of carbonyl (C=O) groups is 1. The topological polar surface area (TPSA) is 26.3 Å². The van der Waals surface area contributed by atoms with Crippen molar-refractivity contribution in [3.05, 3.63) is 69.7 Å². The van der Waals surface area contributed by atoms with Crippen molar-refractivity contribution in [2.75, 3.05) is 6.61 Å². The van der Waals surface area contributed by atoms with Gasteiger partial charge in [0.15, 0.2) is 0 Å². The Balaban J connectivity index is 2.22. The van der Waals surface area contributed by atoms with Gasteiger partial charge in [-0.15, -0.1) is 0 Å². The summed E-state index contributed by atoms with van der Waals surface area (Å²) in [4.78, 5) is 12.6. The van der Waals surface area contributed by atoms with E-state index in [-0.39, 0.29) is 5.97 Å². The zero-order valence-electron chi connectivity index (χ0n) is 13.1. The van der Waals surface area contributed by atoms with Crippen LogP contribution in [-0.4, -0.2) is 12.6 Å². The Morgan fingerprint density at radius 2 is 1.39 bits per heavy atom. The summed E-state index contributed by atoms with van der Waals surface area (Å²) < 4.78 is 5.47. The Morgan fingerprint density at radius 3 is 1.83 bits per heavy atom. The molecule has 4 heteroatoms. The molecule has 2 aromatic carbocycles. The van der Waals surface area contributed by atoms with E-state index in [4.69, 9.17) is 27.9 Å². The van der Waals surface area contributed by atoms with Gasteiger partial charge >= 0.3 is 5.97 Å². The molecule has 0 amide bonds. The fourth-order valence-corrected chi connectivity index (χ4v) is 2.64. The third-order valence-electron chi connectivity index (χ3n) is 3.63. The molecule has 0 N–H and O–H groups in total. The number of hydrogen-bond donors (Lipinski definition) is 0. The van der Waals surface area contributed by atoms with E-state index in [0.29, 0.717) is 16.7 Å². The fraction of sp³-hybridized carbons (Fsp3) is 0.316. The van der Waals surface area contributed by atoms with E-state index in [1.54, 1.807) is 24.3 Å². The van der Waals surface area contributed by atoms with Gasteiger partial charge < -0.3 is 4.74 Å². The minimum atomic E-state index is -0.467. The summed E-state index contributed by atoms with van der Waals surface area (Å²) in [5, 5.41) is 1.28. The smallest absolute Gasteiger partial charge is 0.317 e. The highest BCUT2D eigenvalue weighted by atomic mass is 35.5. The maximum Gasteiger partial charge on any atom is 0.317 e. The predicted molar refractivity (Wildman–Crippen MR) is 95.2 cm³/mol. The highest BCUT2D eigenvalue weighted by Gasteiger charge is 2.24. The van der Waals surface area contributed by atoms with Crippen molar-refractivity contribution in [3.8, 4) is 0 Å². The van der Waals surface area contributed by atoms with Crippen molar-refractivity contribution in [2.24, 2.45) is 0 Å². The second-order valence-corrected chi connectivity index (χ2v) is 6.28. The van der Waals surface area contributed by atoms with Crippen molar-refractivity contribution in [1.29, 1.82) is 0 Å². The van der Waals surface area contributed by atoms with Gasteiger partial charge in [0.1, 0.15) is 5.92 Å². The second kappa shape index (κ2) is 8.95. The van der Waals surface area contributed by atoms with Crippen LogP contribution in [0.3, 0.4) is 0 Å². The summed E-state index contributed by atoms with van der Waals surface area (Å²) in [7, 11) is 0. The Morgan fingerprint density at radius 1 is 0.913 bits per heavy atom. The Kier molecular flexibility index (Phi) is 6.94.